The molecular formula is C22H16N4O4. The Morgan fingerprint density at radius 2 is 1.83 bits per heavy atom. The number of benzene rings is 2. The summed E-state index contributed by atoms with van der Waals surface area (Å²) in [6, 6.07) is 16.0. The van der Waals surface area contributed by atoms with E-state index in [1.54, 1.807) is 48.8 Å². The number of pyridine rings is 1. The zero-order valence-corrected chi connectivity index (χ0v) is 15.7. The molecule has 0 aliphatic carbocycles. The molecule has 30 heavy (non-hydrogen) atoms. The highest BCUT2D eigenvalue weighted by molar-refractivity contribution is 6.06. The highest BCUT2D eigenvalue weighted by Crippen LogP contribution is 2.32. The second kappa shape index (κ2) is 7.67. The quantitative estimate of drug-likeness (QED) is 0.556. The molecule has 0 atom stereocenters. The van der Waals surface area contributed by atoms with Crippen LogP contribution in [0.1, 0.15) is 10.4 Å². The van der Waals surface area contributed by atoms with Crippen molar-refractivity contribution in [1.82, 2.24) is 15.1 Å². The second-order valence-corrected chi connectivity index (χ2v) is 6.52. The van der Waals surface area contributed by atoms with Gasteiger partial charge in [-0.1, -0.05) is 17.3 Å². The number of nitrogens with zero attached hydrogens (tertiary/aromatic N) is 3. The van der Waals surface area contributed by atoms with Gasteiger partial charge in [-0.05, 0) is 42.5 Å². The van der Waals surface area contributed by atoms with Crippen LogP contribution < -0.4 is 14.8 Å². The van der Waals surface area contributed by atoms with Gasteiger partial charge in [0.15, 0.2) is 11.5 Å². The van der Waals surface area contributed by atoms with E-state index >= 15 is 0 Å². The Labute approximate surface area is 171 Å². The van der Waals surface area contributed by atoms with Gasteiger partial charge in [0, 0.05) is 23.5 Å². The molecule has 0 spiro atoms. The van der Waals surface area contributed by atoms with Gasteiger partial charge in [0.05, 0.1) is 11.3 Å². The third kappa shape index (κ3) is 3.46. The molecule has 1 amide bonds. The lowest BCUT2D eigenvalue weighted by atomic mass is 10.1. The van der Waals surface area contributed by atoms with Crippen molar-refractivity contribution in [1.29, 1.82) is 0 Å². The van der Waals surface area contributed by atoms with E-state index in [-0.39, 0.29) is 5.91 Å². The first-order chi connectivity index (χ1) is 14.8. The maximum Gasteiger partial charge on any atom is 0.260 e. The molecule has 1 aliphatic rings. The first-order valence-electron chi connectivity index (χ1n) is 9.32. The number of carbonyl (C=O) groups excluding carboxylic acids is 1. The van der Waals surface area contributed by atoms with Crippen LogP contribution >= 0.6 is 0 Å². The summed E-state index contributed by atoms with van der Waals surface area (Å²) in [6.45, 7) is 0.953. The number of aromatic nitrogens is 3. The molecule has 148 valence electrons. The van der Waals surface area contributed by atoms with Crippen molar-refractivity contribution in [2.75, 3.05) is 18.5 Å². The summed E-state index contributed by atoms with van der Waals surface area (Å²) in [6.07, 6.45) is 3.33. The van der Waals surface area contributed by atoms with Gasteiger partial charge in [0.1, 0.15) is 13.2 Å². The van der Waals surface area contributed by atoms with Crippen LogP contribution in [-0.2, 0) is 0 Å². The fourth-order valence-electron chi connectivity index (χ4n) is 3.10. The number of rotatable bonds is 4. The molecule has 0 unspecified atom stereocenters. The summed E-state index contributed by atoms with van der Waals surface area (Å²) in [7, 11) is 0. The Morgan fingerprint density at radius 3 is 2.70 bits per heavy atom. The van der Waals surface area contributed by atoms with Gasteiger partial charge < -0.3 is 19.3 Å². The molecule has 2 aromatic heterocycles. The van der Waals surface area contributed by atoms with E-state index in [2.05, 4.69) is 20.4 Å². The van der Waals surface area contributed by atoms with Gasteiger partial charge in [-0.3, -0.25) is 9.78 Å². The lowest BCUT2D eigenvalue weighted by Crippen LogP contribution is -2.17. The summed E-state index contributed by atoms with van der Waals surface area (Å²) in [4.78, 5) is 21.3. The van der Waals surface area contributed by atoms with Crippen molar-refractivity contribution in [2.24, 2.45) is 0 Å². The molecule has 0 saturated carbocycles. The van der Waals surface area contributed by atoms with Crippen LogP contribution in [0.25, 0.3) is 22.8 Å². The van der Waals surface area contributed by atoms with Gasteiger partial charge in [0.2, 0.25) is 5.82 Å². The largest absolute Gasteiger partial charge is 0.486 e. The topological polar surface area (TPSA) is 99.4 Å². The Hall–Kier alpha value is -4.20. The van der Waals surface area contributed by atoms with Gasteiger partial charge in [0.25, 0.3) is 11.8 Å². The molecule has 0 fully saturated rings. The second-order valence-electron chi connectivity index (χ2n) is 6.52. The SMILES string of the molecule is O=C(Nc1ccccc1-c1nc(-c2cccnc2)no1)c1ccc2c(c1)OCCO2. The molecule has 2 aromatic carbocycles. The molecule has 4 aromatic rings. The number of nitrogens with one attached hydrogen (secondary N) is 1. The van der Waals surface area contributed by atoms with Crippen molar-refractivity contribution in [2.45, 2.75) is 0 Å². The van der Waals surface area contributed by atoms with Gasteiger partial charge in [-0.2, -0.15) is 4.98 Å². The molecule has 5 rings (SSSR count). The highest BCUT2D eigenvalue weighted by Gasteiger charge is 2.18. The minimum Gasteiger partial charge on any atom is -0.486 e. The maximum atomic E-state index is 12.8. The predicted molar refractivity (Wildman–Crippen MR) is 108 cm³/mol. The highest BCUT2D eigenvalue weighted by atomic mass is 16.6. The standard InChI is InChI=1S/C22H16N4O4/c27-21(14-7-8-18-19(12-14)29-11-10-28-18)24-17-6-2-1-5-16(17)22-25-20(26-30-22)15-4-3-9-23-13-15/h1-9,12-13H,10-11H2,(H,24,27). The number of amides is 1. The van der Waals surface area contributed by atoms with Crippen LogP contribution in [-0.4, -0.2) is 34.2 Å². The molecule has 1 aliphatic heterocycles. The molecule has 1 N–H and O–H groups in total. The van der Waals surface area contributed by atoms with Crippen LogP contribution in [0.2, 0.25) is 0 Å². The number of fused-ring (bicyclic) bond motifs is 1. The summed E-state index contributed by atoms with van der Waals surface area (Å²) in [5.41, 5.74) is 2.37. The lowest BCUT2D eigenvalue weighted by Gasteiger charge is -2.18. The fourth-order valence-corrected chi connectivity index (χ4v) is 3.10. The zero-order valence-electron chi connectivity index (χ0n) is 15.7. The minimum atomic E-state index is -0.286. The van der Waals surface area contributed by atoms with Crippen molar-refractivity contribution in [3.63, 3.8) is 0 Å². The molecule has 8 heteroatoms. The molecule has 0 saturated heterocycles. The van der Waals surface area contributed by atoms with Crippen LogP contribution in [0.4, 0.5) is 5.69 Å². The number of ether oxygens (including phenoxy) is 2. The van der Waals surface area contributed by atoms with E-state index in [0.29, 0.717) is 53.2 Å². The van der Waals surface area contributed by atoms with Gasteiger partial charge >= 0.3 is 0 Å². The fraction of sp³-hybridized carbons (Fsp3) is 0.0909. The summed E-state index contributed by atoms with van der Waals surface area (Å²) in [5, 5.41) is 6.93. The zero-order chi connectivity index (χ0) is 20.3. The first kappa shape index (κ1) is 17.9. The molecule has 8 nitrogen and oxygen atoms in total. The van der Waals surface area contributed by atoms with Crippen molar-refractivity contribution in [3.05, 3.63) is 72.6 Å². The minimum absolute atomic E-state index is 0.286. The smallest absolute Gasteiger partial charge is 0.260 e. The molecule has 3 heterocycles. The van der Waals surface area contributed by atoms with Crippen molar-refractivity contribution >= 4 is 11.6 Å². The lowest BCUT2D eigenvalue weighted by molar-refractivity contribution is 0.102. The molecular weight excluding hydrogens is 384 g/mol. The van der Waals surface area contributed by atoms with Crippen LogP contribution in [0.5, 0.6) is 11.5 Å². The number of hydrogen-bond donors (Lipinski definition) is 1. The third-order valence-corrected chi connectivity index (χ3v) is 4.56. The monoisotopic (exact) mass is 400 g/mol. The van der Waals surface area contributed by atoms with E-state index < -0.39 is 0 Å². The van der Waals surface area contributed by atoms with Crippen molar-refractivity contribution < 1.29 is 18.8 Å². The number of para-hydroxylation sites is 1. The van der Waals surface area contributed by atoms with E-state index in [4.69, 9.17) is 14.0 Å². The van der Waals surface area contributed by atoms with Crippen LogP contribution in [0.3, 0.4) is 0 Å². The maximum absolute atomic E-state index is 12.8. The average Bonchev–Trinajstić information content (AvgIpc) is 3.30. The van der Waals surface area contributed by atoms with E-state index in [0.717, 1.165) is 5.56 Å². The molecule has 0 radical (unpaired) electrons. The Balaban J connectivity index is 1.42. The van der Waals surface area contributed by atoms with Gasteiger partial charge in [-0.15, -0.1) is 0 Å². The molecule has 0 bridgehead atoms. The Bertz CT molecular complexity index is 1210. The first-order valence-corrected chi connectivity index (χ1v) is 9.32. The number of anilines is 1. The normalized spacial score (nSPS) is 12.4. The Morgan fingerprint density at radius 1 is 0.967 bits per heavy atom. The third-order valence-electron chi connectivity index (χ3n) is 4.56. The predicted octanol–water partition coefficient (Wildman–Crippen LogP) is 3.82. The summed E-state index contributed by atoms with van der Waals surface area (Å²) in [5.74, 6) is 1.62. The van der Waals surface area contributed by atoms with Gasteiger partial charge in [-0.25, -0.2) is 0 Å². The van der Waals surface area contributed by atoms with E-state index in [1.807, 2.05) is 18.2 Å². The average molecular weight is 400 g/mol. The number of hydrogen-bond acceptors (Lipinski definition) is 7. The Kier molecular flexibility index (Phi) is 4.57. The summed E-state index contributed by atoms with van der Waals surface area (Å²) < 4.78 is 16.5. The van der Waals surface area contributed by atoms with E-state index in [1.165, 1.54) is 0 Å². The summed E-state index contributed by atoms with van der Waals surface area (Å²) >= 11 is 0. The van der Waals surface area contributed by atoms with Crippen molar-refractivity contribution in [3.8, 4) is 34.3 Å². The van der Waals surface area contributed by atoms with Crippen LogP contribution in [0.15, 0.2) is 71.5 Å². The van der Waals surface area contributed by atoms with E-state index in [9.17, 15) is 4.79 Å². The number of carbonyl (C=O) groups is 1. The van der Waals surface area contributed by atoms with Crippen LogP contribution in [0, 0.1) is 0 Å².